The predicted molar refractivity (Wildman–Crippen MR) is 158 cm³/mol. The highest BCUT2D eigenvalue weighted by atomic mass is 16.6. The molecule has 0 aliphatic heterocycles. The fourth-order valence-electron chi connectivity index (χ4n) is 4.41. The molecule has 0 radical (unpaired) electrons. The van der Waals surface area contributed by atoms with Crippen LogP contribution in [0.1, 0.15) is 36.1 Å². The molecule has 4 heteroatoms. The molecular formula is C35H36O4. The van der Waals surface area contributed by atoms with E-state index in [4.69, 9.17) is 14.2 Å². The molecule has 0 heterocycles. The summed E-state index contributed by atoms with van der Waals surface area (Å²) in [6.45, 7) is 6.98. The number of hydrogen-bond acceptors (Lipinski definition) is 4. The van der Waals surface area contributed by atoms with Gasteiger partial charge in [0, 0.05) is 13.0 Å². The summed E-state index contributed by atoms with van der Waals surface area (Å²) in [5, 5.41) is 0. The molecule has 200 valence electrons. The van der Waals surface area contributed by atoms with E-state index in [1.54, 1.807) is 6.92 Å². The van der Waals surface area contributed by atoms with Gasteiger partial charge in [-0.1, -0.05) is 96.6 Å². The monoisotopic (exact) mass is 520 g/mol. The first-order valence-electron chi connectivity index (χ1n) is 13.5. The molecule has 0 fully saturated rings. The molecule has 0 aliphatic rings. The highest BCUT2D eigenvalue weighted by Gasteiger charge is 2.20. The average molecular weight is 521 g/mol. The van der Waals surface area contributed by atoms with Crippen LogP contribution in [-0.4, -0.2) is 31.9 Å². The minimum absolute atomic E-state index is 0.328. The number of benzene rings is 4. The topological polar surface area (TPSA) is 44.8 Å². The minimum Gasteiger partial charge on any atom is -0.490 e. The SMILES string of the molecule is CCOC(=O)[C@@H](Cc1ccc(OCC=C(c2ccc(C)cc2)c2ccc(-c3ccccc3)cc2)cc1)OCC. The van der Waals surface area contributed by atoms with E-state index in [2.05, 4.69) is 85.8 Å². The summed E-state index contributed by atoms with van der Waals surface area (Å²) in [5.41, 5.74) is 8.01. The highest BCUT2D eigenvalue weighted by Crippen LogP contribution is 2.27. The molecule has 4 aromatic rings. The summed E-state index contributed by atoms with van der Waals surface area (Å²) in [7, 11) is 0. The van der Waals surface area contributed by atoms with E-state index in [1.807, 2.05) is 37.3 Å². The number of esters is 1. The lowest BCUT2D eigenvalue weighted by molar-refractivity contribution is -0.156. The summed E-state index contributed by atoms with van der Waals surface area (Å²) in [5.74, 6) is 0.437. The number of rotatable bonds is 12. The molecule has 0 unspecified atom stereocenters. The van der Waals surface area contributed by atoms with Crippen molar-refractivity contribution >= 4 is 11.5 Å². The maximum absolute atomic E-state index is 12.2. The average Bonchev–Trinajstić information content (AvgIpc) is 2.97. The zero-order chi connectivity index (χ0) is 27.5. The van der Waals surface area contributed by atoms with Gasteiger partial charge in [-0.25, -0.2) is 4.79 Å². The van der Waals surface area contributed by atoms with Crippen LogP contribution >= 0.6 is 0 Å². The molecule has 0 saturated carbocycles. The van der Waals surface area contributed by atoms with E-state index in [-0.39, 0.29) is 5.97 Å². The van der Waals surface area contributed by atoms with Gasteiger partial charge in [0.25, 0.3) is 0 Å². The normalized spacial score (nSPS) is 12.1. The Balaban J connectivity index is 1.47. The van der Waals surface area contributed by atoms with E-state index >= 15 is 0 Å². The number of hydrogen-bond donors (Lipinski definition) is 0. The second kappa shape index (κ2) is 14.1. The van der Waals surface area contributed by atoms with E-state index < -0.39 is 6.10 Å². The Morgan fingerprint density at radius 1 is 0.744 bits per heavy atom. The predicted octanol–water partition coefficient (Wildman–Crippen LogP) is 7.68. The van der Waals surface area contributed by atoms with Crippen molar-refractivity contribution in [3.8, 4) is 16.9 Å². The first kappa shape index (κ1) is 27.9. The summed E-state index contributed by atoms with van der Waals surface area (Å²) >= 11 is 0. The van der Waals surface area contributed by atoms with Crippen LogP contribution in [-0.2, 0) is 20.7 Å². The lowest BCUT2D eigenvalue weighted by Gasteiger charge is -2.16. The van der Waals surface area contributed by atoms with Crippen LogP contribution in [0.5, 0.6) is 5.75 Å². The highest BCUT2D eigenvalue weighted by molar-refractivity contribution is 5.81. The first-order chi connectivity index (χ1) is 19.1. The molecule has 0 amide bonds. The van der Waals surface area contributed by atoms with Crippen molar-refractivity contribution in [1.29, 1.82) is 0 Å². The van der Waals surface area contributed by atoms with Gasteiger partial charge < -0.3 is 14.2 Å². The van der Waals surface area contributed by atoms with Gasteiger partial charge in [-0.2, -0.15) is 0 Å². The number of carbonyl (C=O) groups is 1. The minimum atomic E-state index is -0.602. The molecular weight excluding hydrogens is 484 g/mol. The largest absolute Gasteiger partial charge is 0.490 e. The molecule has 4 nitrogen and oxygen atoms in total. The molecule has 0 saturated heterocycles. The molecule has 0 aliphatic carbocycles. The Morgan fingerprint density at radius 3 is 1.97 bits per heavy atom. The van der Waals surface area contributed by atoms with E-state index in [9.17, 15) is 4.79 Å². The van der Waals surface area contributed by atoms with Crippen LogP contribution < -0.4 is 4.74 Å². The van der Waals surface area contributed by atoms with Gasteiger partial charge in [-0.3, -0.25) is 0 Å². The maximum Gasteiger partial charge on any atom is 0.335 e. The van der Waals surface area contributed by atoms with Crippen LogP contribution in [0.3, 0.4) is 0 Å². The quantitative estimate of drug-likeness (QED) is 0.180. The van der Waals surface area contributed by atoms with Crippen molar-refractivity contribution in [3.05, 3.63) is 131 Å². The second-order valence-corrected chi connectivity index (χ2v) is 9.28. The van der Waals surface area contributed by atoms with Crippen LogP contribution in [0.2, 0.25) is 0 Å². The molecule has 1 atom stereocenters. The van der Waals surface area contributed by atoms with Gasteiger partial charge in [0.1, 0.15) is 12.4 Å². The van der Waals surface area contributed by atoms with Gasteiger partial charge in [0.2, 0.25) is 0 Å². The van der Waals surface area contributed by atoms with E-state index in [1.165, 1.54) is 16.7 Å². The zero-order valence-electron chi connectivity index (χ0n) is 22.9. The Hall–Kier alpha value is -4.15. The van der Waals surface area contributed by atoms with Crippen LogP contribution in [0.15, 0.2) is 109 Å². The second-order valence-electron chi connectivity index (χ2n) is 9.28. The molecule has 0 aromatic heterocycles. The third-order valence-electron chi connectivity index (χ3n) is 6.46. The summed E-state index contributed by atoms with van der Waals surface area (Å²) in [6, 6.07) is 35.4. The third-order valence-corrected chi connectivity index (χ3v) is 6.46. The maximum atomic E-state index is 12.2. The Morgan fingerprint density at radius 2 is 1.36 bits per heavy atom. The van der Waals surface area contributed by atoms with Crippen LogP contribution in [0.25, 0.3) is 16.7 Å². The van der Waals surface area contributed by atoms with Crippen molar-refractivity contribution in [2.45, 2.75) is 33.3 Å². The Bertz CT molecular complexity index is 1340. The molecule has 39 heavy (non-hydrogen) atoms. The zero-order valence-corrected chi connectivity index (χ0v) is 22.9. The summed E-state index contributed by atoms with van der Waals surface area (Å²) in [4.78, 5) is 12.2. The fraction of sp³-hybridized carbons (Fsp3) is 0.229. The van der Waals surface area contributed by atoms with E-state index in [0.717, 1.165) is 28.0 Å². The van der Waals surface area contributed by atoms with Gasteiger partial charge in [0.05, 0.1) is 6.61 Å². The number of carbonyl (C=O) groups excluding carboxylic acids is 1. The fourth-order valence-corrected chi connectivity index (χ4v) is 4.41. The van der Waals surface area contributed by atoms with E-state index in [0.29, 0.717) is 26.2 Å². The van der Waals surface area contributed by atoms with Crippen molar-refractivity contribution in [3.63, 3.8) is 0 Å². The smallest absolute Gasteiger partial charge is 0.335 e. The molecule has 4 rings (SSSR count). The lowest BCUT2D eigenvalue weighted by Crippen LogP contribution is -2.28. The van der Waals surface area contributed by atoms with Crippen molar-refractivity contribution < 1.29 is 19.0 Å². The van der Waals surface area contributed by atoms with Crippen LogP contribution in [0, 0.1) is 6.92 Å². The summed E-state index contributed by atoms with van der Waals surface area (Å²) in [6.07, 6.45) is 1.99. The summed E-state index contributed by atoms with van der Waals surface area (Å²) < 4.78 is 16.8. The standard InChI is InChI=1S/C35H36O4/c1-4-37-34(35(36)38-5-2)25-27-13-21-32(22-14-27)39-24-23-33(30-15-11-26(3)12-16-30)31-19-17-29(18-20-31)28-9-7-6-8-10-28/h6-23,34H,4-5,24-25H2,1-3H3/t34-/m1/s1. The van der Waals surface area contributed by atoms with Gasteiger partial charge in [0.15, 0.2) is 6.10 Å². The molecule has 0 spiro atoms. The van der Waals surface area contributed by atoms with Crippen molar-refractivity contribution in [1.82, 2.24) is 0 Å². The molecule has 0 N–H and O–H groups in total. The number of aryl methyl sites for hydroxylation is 1. The molecule has 0 bridgehead atoms. The van der Waals surface area contributed by atoms with Crippen molar-refractivity contribution in [2.24, 2.45) is 0 Å². The van der Waals surface area contributed by atoms with Crippen LogP contribution in [0.4, 0.5) is 0 Å². The third kappa shape index (κ3) is 7.92. The van der Waals surface area contributed by atoms with Gasteiger partial charge in [-0.15, -0.1) is 0 Å². The van der Waals surface area contributed by atoms with Gasteiger partial charge >= 0.3 is 5.97 Å². The van der Waals surface area contributed by atoms with Gasteiger partial charge in [-0.05, 0) is 72.4 Å². The Labute approximate surface area is 231 Å². The Kier molecular flexibility index (Phi) is 10.1. The number of ether oxygens (including phenoxy) is 3. The van der Waals surface area contributed by atoms with Crippen molar-refractivity contribution in [2.75, 3.05) is 19.8 Å². The first-order valence-corrected chi connectivity index (χ1v) is 13.5. The lowest BCUT2D eigenvalue weighted by atomic mass is 9.95. The molecule has 4 aromatic carbocycles.